The number of Topliss-reactive ketones (excluding diaryl/α,β-unsaturated/α-hetero) is 1. The van der Waals surface area contributed by atoms with E-state index >= 15 is 0 Å². The molecule has 0 bridgehead atoms. The lowest BCUT2D eigenvalue weighted by molar-refractivity contribution is -0.143. The molecule has 1 fully saturated rings. The molecular weight excluding hydrogens is 833 g/mol. The third kappa shape index (κ3) is 15.8. The van der Waals surface area contributed by atoms with Gasteiger partial charge in [-0.05, 0) is 63.1 Å². The van der Waals surface area contributed by atoms with Crippen molar-refractivity contribution >= 4 is 39.0 Å². The molecular formula is C50H74N4O9S. The molecule has 0 spiro atoms. The monoisotopic (exact) mass is 907 g/mol. The van der Waals surface area contributed by atoms with Gasteiger partial charge in [0.2, 0.25) is 17.6 Å². The third-order valence-corrected chi connectivity index (χ3v) is 13.6. The molecule has 2 N–H and O–H groups in total. The topological polar surface area (TPSA) is 174 Å². The van der Waals surface area contributed by atoms with Crippen molar-refractivity contribution in [3.63, 3.8) is 0 Å². The molecule has 2 heterocycles. The number of rotatable bonds is 32. The molecule has 1 aliphatic rings. The molecule has 1 unspecified atom stereocenters. The number of carbonyl (C=O) groups is 4. The van der Waals surface area contributed by atoms with Crippen molar-refractivity contribution in [1.29, 1.82) is 0 Å². The summed E-state index contributed by atoms with van der Waals surface area (Å²) in [5.74, 6) is -2.81. The second kappa shape index (κ2) is 26.9. The number of H-pyrrole nitrogens is 1. The summed E-state index contributed by atoms with van der Waals surface area (Å²) in [5, 5.41) is 2.65. The highest BCUT2D eigenvalue weighted by atomic mass is 32.2. The third-order valence-electron chi connectivity index (χ3n) is 11.8. The van der Waals surface area contributed by atoms with E-state index in [0.717, 1.165) is 38.5 Å². The van der Waals surface area contributed by atoms with Crippen LogP contribution in [0.25, 0.3) is 11.3 Å². The summed E-state index contributed by atoms with van der Waals surface area (Å²) in [6.07, 6.45) is 22.1. The first-order chi connectivity index (χ1) is 30.8. The van der Waals surface area contributed by atoms with Crippen molar-refractivity contribution in [1.82, 2.24) is 14.5 Å². The number of imidazole rings is 1. The number of ether oxygens (including phenoxy) is 2. The molecule has 1 aliphatic heterocycles. The van der Waals surface area contributed by atoms with Gasteiger partial charge in [-0.2, -0.15) is 0 Å². The van der Waals surface area contributed by atoms with E-state index in [0.29, 0.717) is 29.2 Å². The number of hydrogen-bond acceptors (Lipinski definition) is 9. The molecule has 0 radical (unpaired) electrons. The highest BCUT2D eigenvalue weighted by Crippen LogP contribution is 2.32. The Bertz CT molecular complexity index is 2110. The molecule has 14 heteroatoms. The van der Waals surface area contributed by atoms with Gasteiger partial charge in [-0.15, -0.1) is 0 Å². The standard InChI is InChI=1S/C50H74N4O9S/c1-6-8-10-12-14-16-18-20-22-24-34-62-39-28-26-38(27-29-39)46-45(52-50(59)53(46)5)48(57)47(54-43(55)32-33-44(54)56)49(58)51-41-31-30-40(36-42(41)63-37(3)4)64(60,61)35-25-23-21-19-17-15-13-11-9-7-2/h26-31,36-37,47H,6-25,32-35H2,1-5H3,(H,51,58)(H,52,59). The van der Waals surface area contributed by atoms with Crippen molar-refractivity contribution in [3.8, 4) is 22.8 Å². The second-order valence-corrected chi connectivity index (χ2v) is 19.6. The zero-order chi connectivity index (χ0) is 46.5. The number of unbranched alkanes of at least 4 members (excludes halogenated alkanes) is 18. The van der Waals surface area contributed by atoms with Gasteiger partial charge in [-0.3, -0.25) is 28.6 Å². The van der Waals surface area contributed by atoms with Gasteiger partial charge in [0.25, 0.3) is 5.91 Å². The van der Waals surface area contributed by atoms with Crippen molar-refractivity contribution in [3.05, 3.63) is 58.6 Å². The molecule has 1 atom stereocenters. The van der Waals surface area contributed by atoms with Crippen LogP contribution in [0.3, 0.4) is 0 Å². The number of amides is 3. The van der Waals surface area contributed by atoms with Gasteiger partial charge in [-0.25, -0.2) is 13.2 Å². The molecule has 1 saturated heterocycles. The Kier molecular flexibility index (Phi) is 21.8. The summed E-state index contributed by atoms with van der Waals surface area (Å²) in [5.41, 5.74) is -0.222. The van der Waals surface area contributed by atoms with Gasteiger partial charge >= 0.3 is 5.69 Å². The fraction of sp³-hybridized carbons (Fsp3) is 0.620. The number of imide groups is 1. The van der Waals surface area contributed by atoms with E-state index in [2.05, 4.69) is 24.1 Å². The lowest BCUT2D eigenvalue weighted by atomic mass is 10.0. The van der Waals surface area contributed by atoms with Crippen LogP contribution in [-0.2, 0) is 31.3 Å². The first-order valence-corrected chi connectivity index (χ1v) is 25.7. The average Bonchev–Trinajstić information content (AvgIpc) is 3.76. The Morgan fingerprint density at radius 2 is 1.23 bits per heavy atom. The zero-order valence-corrected chi connectivity index (χ0v) is 40.0. The minimum absolute atomic E-state index is 0.0244. The second-order valence-electron chi connectivity index (χ2n) is 17.5. The largest absolute Gasteiger partial charge is 0.494 e. The van der Waals surface area contributed by atoms with E-state index in [-0.39, 0.29) is 46.3 Å². The number of nitrogens with zero attached hydrogens (tertiary/aromatic N) is 2. The number of carbonyl (C=O) groups excluding carboxylic acids is 4. The van der Waals surface area contributed by atoms with Crippen LogP contribution in [0, 0.1) is 0 Å². The Balaban J connectivity index is 1.47. The number of aromatic amines is 1. The quantitative estimate of drug-likeness (QED) is 0.0267. The van der Waals surface area contributed by atoms with Crippen LogP contribution in [0.15, 0.2) is 52.2 Å². The normalized spacial score (nSPS) is 13.5. The Morgan fingerprint density at radius 3 is 1.77 bits per heavy atom. The number of likely N-dealkylation sites (tertiary alicyclic amines) is 1. The predicted molar refractivity (Wildman–Crippen MR) is 253 cm³/mol. The molecule has 1 aromatic heterocycles. The maximum atomic E-state index is 14.6. The van der Waals surface area contributed by atoms with Crippen LogP contribution >= 0.6 is 0 Å². The van der Waals surface area contributed by atoms with Gasteiger partial charge < -0.3 is 19.8 Å². The molecule has 0 saturated carbocycles. The number of nitrogens with one attached hydrogen (secondary N) is 2. The van der Waals surface area contributed by atoms with Crippen LogP contribution in [0.1, 0.15) is 179 Å². The predicted octanol–water partition coefficient (Wildman–Crippen LogP) is 10.5. The molecule has 64 heavy (non-hydrogen) atoms. The van der Waals surface area contributed by atoms with Crippen molar-refractivity contribution < 1.29 is 37.1 Å². The van der Waals surface area contributed by atoms with Gasteiger partial charge in [0.05, 0.1) is 34.7 Å². The van der Waals surface area contributed by atoms with Gasteiger partial charge in [-0.1, -0.05) is 129 Å². The fourth-order valence-electron chi connectivity index (χ4n) is 8.15. The SMILES string of the molecule is CCCCCCCCCCCCOc1ccc(-c2c(C(=O)C(C(=O)Nc3ccc(S(=O)(=O)CCCCCCCCCCCC)cc3OC(C)C)N3C(=O)CCC3=O)[nH]c(=O)n2C)cc1. The lowest BCUT2D eigenvalue weighted by Crippen LogP contribution is -2.52. The summed E-state index contributed by atoms with van der Waals surface area (Å²) in [6.45, 7) is 8.47. The Labute approximate surface area is 381 Å². The van der Waals surface area contributed by atoms with E-state index in [4.69, 9.17) is 9.47 Å². The van der Waals surface area contributed by atoms with Crippen LogP contribution in [0.2, 0.25) is 0 Å². The van der Waals surface area contributed by atoms with Crippen molar-refractivity contribution in [2.24, 2.45) is 7.05 Å². The van der Waals surface area contributed by atoms with Gasteiger partial charge in [0.15, 0.2) is 15.9 Å². The van der Waals surface area contributed by atoms with E-state index in [1.165, 1.54) is 113 Å². The number of anilines is 1. The first-order valence-electron chi connectivity index (χ1n) is 24.0. The summed E-state index contributed by atoms with van der Waals surface area (Å²) in [4.78, 5) is 71.5. The van der Waals surface area contributed by atoms with E-state index < -0.39 is 51.2 Å². The number of hydrogen-bond donors (Lipinski definition) is 2. The molecule has 0 aliphatic carbocycles. The molecule has 3 amide bonds. The minimum atomic E-state index is -3.70. The summed E-state index contributed by atoms with van der Waals surface area (Å²) in [7, 11) is -2.23. The smallest absolute Gasteiger partial charge is 0.326 e. The van der Waals surface area contributed by atoms with Crippen LogP contribution in [0.4, 0.5) is 5.69 Å². The summed E-state index contributed by atoms with van der Waals surface area (Å²) in [6, 6.07) is 9.00. The van der Waals surface area contributed by atoms with Crippen molar-refractivity contribution in [2.75, 3.05) is 17.7 Å². The Hall–Kier alpha value is -4.72. The Morgan fingerprint density at radius 1 is 0.719 bits per heavy atom. The van der Waals surface area contributed by atoms with E-state index in [9.17, 15) is 32.4 Å². The molecule has 354 valence electrons. The van der Waals surface area contributed by atoms with Crippen molar-refractivity contribution in [2.45, 2.75) is 186 Å². The summed E-state index contributed by atoms with van der Waals surface area (Å²) >= 11 is 0. The zero-order valence-electron chi connectivity index (χ0n) is 39.1. The number of ketones is 1. The minimum Gasteiger partial charge on any atom is -0.494 e. The molecule has 2 aromatic carbocycles. The van der Waals surface area contributed by atoms with Crippen LogP contribution in [0.5, 0.6) is 11.5 Å². The number of sulfone groups is 1. The maximum Gasteiger partial charge on any atom is 0.326 e. The van der Waals surface area contributed by atoms with E-state index in [1.54, 1.807) is 38.1 Å². The highest BCUT2D eigenvalue weighted by molar-refractivity contribution is 7.91. The van der Waals surface area contributed by atoms with Gasteiger partial charge in [0, 0.05) is 31.5 Å². The fourth-order valence-corrected chi connectivity index (χ4v) is 9.53. The van der Waals surface area contributed by atoms with Gasteiger partial charge in [0.1, 0.15) is 17.2 Å². The van der Waals surface area contributed by atoms with E-state index in [1.807, 2.05) is 0 Å². The summed E-state index contributed by atoms with van der Waals surface area (Å²) < 4.78 is 40.1. The van der Waals surface area contributed by atoms with Crippen LogP contribution < -0.4 is 20.5 Å². The number of benzene rings is 2. The lowest BCUT2D eigenvalue weighted by Gasteiger charge is -2.25. The first kappa shape index (κ1) is 51.9. The average molecular weight is 907 g/mol. The maximum absolute atomic E-state index is 14.6. The van der Waals surface area contributed by atoms with Crippen LogP contribution in [-0.4, -0.2) is 70.9 Å². The molecule has 13 nitrogen and oxygen atoms in total. The molecule has 3 aromatic rings. The number of aromatic nitrogens is 2. The highest BCUT2D eigenvalue weighted by Gasteiger charge is 2.45. The molecule has 4 rings (SSSR count).